The number of urea groups is 1. The number of pyridine rings is 1. The largest absolute Gasteiger partial charge is 0.351 e. The predicted molar refractivity (Wildman–Crippen MR) is 69.8 cm³/mol. The molecule has 0 saturated carbocycles. The third-order valence-corrected chi connectivity index (χ3v) is 3.87. The summed E-state index contributed by atoms with van der Waals surface area (Å²) in [7, 11) is 0. The maximum absolute atomic E-state index is 15.1. The molecule has 7 heteroatoms. The minimum absolute atomic E-state index is 0.0108. The summed E-state index contributed by atoms with van der Waals surface area (Å²) in [6.45, 7) is 2.01. The van der Waals surface area contributed by atoms with Crippen molar-refractivity contribution >= 4 is 17.6 Å². The molecule has 1 aromatic heterocycles. The minimum Gasteiger partial charge on any atom is -0.351 e. The van der Waals surface area contributed by atoms with Crippen molar-refractivity contribution in [2.75, 3.05) is 13.1 Å². The number of carbonyl (C=O) groups excluding carboxylic acids is 1. The third kappa shape index (κ3) is 2.45. The van der Waals surface area contributed by atoms with Crippen molar-refractivity contribution in [2.45, 2.75) is 19.0 Å². The lowest BCUT2D eigenvalue weighted by Gasteiger charge is -2.40. The van der Waals surface area contributed by atoms with Gasteiger partial charge in [0.05, 0.1) is 10.6 Å². The molecule has 104 valence electrons. The molecule has 0 spiro atoms. The van der Waals surface area contributed by atoms with Crippen LogP contribution in [0.15, 0.2) is 17.1 Å². The molecule has 0 radical (unpaired) electrons. The molecule has 1 aliphatic heterocycles. The summed E-state index contributed by atoms with van der Waals surface area (Å²) in [4.78, 5) is 26.7. The van der Waals surface area contributed by atoms with Crippen molar-refractivity contribution < 1.29 is 9.18 Å². The molecule has 1 fully saturated rings. The van der Waals surface area contributed by atoms with Gasteiger partial charge in [0, 0.05) is 31.6 Å². The molecule has 1 saturated heterocycles. The van der Waals surface area contributed by atoms with Crippen molar-refractivity contribution in [3.8, 4) is 0 Å². The lowest BCUT2D eigenvalue weighted by Crippen LogP contribution is -2.51. The van der Waals surface area contributed by atoms with Crippen molar-refractivity contribution in [3.05, 3.63) is 33.2 Å². The van der Waals surface area contributed by atoms with E-state index < -0.39 is 23.2 Å². The molecule has 2 rings (SSSR count). The number of aromatic nitrogens is 1. The van der Waals surface area contributed by atoms with Gasteiger partial charge in [-0.1, -0.05) is 18.5 Å². The normalized spacial score (nSPS) is 27.3. The number of carbonyl (C=O) groups is 1. The second-order valence-electron chi connectivity index (χ2n) is 4.86. The number of rotatable bonds is 1. The predicted octanol–water partition coefficient (Wildman–Crippen LogP) is 1.61. The number of nitrogens with two attached hydrogens (primary N) is 1. The topological polar surface area (TPSA) is 79.2 Å². The highest BCUT2D eigenvalue weighted by Gasteiger charge is 2.45. The van der Waals surface area contributed by atoms with E-state index in [1.165, 1.54) is 17.2 Å². The van der Waals surface area contributed by atoms with Gasteiger partial charge in [-0.05, 0) is 6.07 Å². The fourth-order valence-electron chi connectivity index (χ4n) is 2.48. The van der Waals surface area contributed by atoms with Crippen LogP contribution in [-0.4, -0.2) is 29.0 Å². The van der Waals surface area contributed by atoms with Crippen LogP contribution in [0.25, 0.3) is 0 Å². The van der Waals surface area contributed by atoms with E-state index in [1.807, 2.05) is 0 Å². The standard InChI is InChI=1S/C12H15ClFN3O2/c1-7-6-17(11(15)19)3-2-12(7,14)9-4-8(13)5-16-10(9)18/h4-5,7H,2-3,6H2,1H3,(H2,15,19)(H,16,18)/t7?,12-/m1/s1. The van der Waals surface area contributed by atoms with Crippen molar-refractivity contribution in [1.29, 1.82) is 0 Å². The van der Waals surface area contributed by atoms with E-state index >= 15 is 4.39 Å². The Kier molecular flexibility index (Phi) is 3.54. The van der Waals surface area contributed by atoms with Crippen LogP contribution in [0.5, 0.6) is 0 Å². The number of likely N-dealkylation sites (tertiary alicyclic amines) is 1. The number of halogens is 2. The zero-order chi connectivity index (χ0) is 14.2. The number of nitrogens with one attached hydrogen (secondary N) is 1. The highest BCUT2D eigenvalue weighted by Crippen LogP contribution is 2.40. The van der Waals surface area contributed by atoms with E-state index in [1.54, 1.807) is 6.92 Å². The van der Waals surface area contributed by atoms with Gasteiger partial charge in [0.1, 0.15) is 5.67 Å². The number of primary amides is 1. The molecule has 19 heavy (non-hydrogen) atoms. The van der Waals surface area contributed by atoms with Gasteiger partial charge in [0.25, 0.3) is 5.56 Å². The zero-order valence-electron chi connectivity index (χ0n) is 10.5. The van der Waals surface area contributed by atoms with E-state index in [0.29, 0.717) is 0 Å². The van der Waals surface area contributed by atoms with Gasteiger partial charge in [-0.15, -0.1) is 0 Å². The highest BCUT2D eigenvalue weighted by molar-refractivity contribution is 6.30. The SMILES string of the molecule is CC1CN(C(N)=O)CC[C@]1(F)c1cc(Cl)c[nH]c1=O. The van der Waals surface area contributed by atoms with Crippen molar-refractivity contribution in [3.63, 3.8) is 0 Å². The van der Waals surface area contributed by atoms with E-state index in [-0.39, 0.29) is 30.1 Å². The minimum atomic E-state index is -1.80. The molecule has 2 heterocycles. The first-order valence-corrected chi connectivity index (χ1v) is 6.34. The first-order chi connectivity index (χ1) is 8.84. The average Bonchev–Trinajstić information content (AvgIpc) is 2.35. The Balaban J connectivity index is 2.36. The fraction of sp³-hybridized carbons (Fsp3) is 0.500. The van der Waals surface area contributed by atoms with Gasteiger partial charge in [-0.2, -0.15) is 0 Å². The first kappa shape index (κ1) is 13.9. The Morgan fingerprint density at radius 1 is 1.68 bits per heavy atom. The van der Waals surface area contributed by atoms with Crippen LogP contribution in [0.4, 0.5) is 9.18 Å². The molecular formula is C12H15ClFN3O2. The van der Waals surface area contributed by atoms with Gasteiger partial charge >= 0.3 is 6.03 Å². The number of aromatic amines is 1. The number of hydrogen-bond donors (Lipinski definition) is 2. The number of nitrogens with zero attached hydrogens (tertiary/aromatic N) is 1. The highest BCUT2D eigenvalue weighted by atomic mass is 35.5. The van der Waals surface area contributed by atoms with E-state index in [9.17, 15) is 9.59 Å². The van der Waals surface area contributed by atoms with Gasteiger partial charge in [-0.25, -0.2) is 9.18 Å². The van der Waals surface area contributed by atoms with Gasteiger partial charge in [0.2, 0.25) is 0 Å². The maximum Gasteiger partial charge on any atom is 0.314 e. The quantitative estimate of drug-likeness (QED) is 0.823. The van der Waals surface area contributed by atoms with Crippen LogP contribution >= 0.6 is 11.6 Å². The second-order valence-corrected chi connectivity index (χ2v) is 5.29. The van der Waals surface area contributed by atoms with E-state index in [2.05, 4.69) is 4.98 Å². The second kappa shape index (κ2) is 4.85. The Bertz CT molecular complexity index is 562. The zero-order valence-corrected chi connectivity index (χ0v) is 11.2. The molecule has 0 bridgehead atoms. The van der Waals surface area contributed by atoms with Crippen LogP contribution < -0.4 is 11.3 Å². The lowest BCUT2D eigenvalue weighted by atomic mass is 9.79. The summed E-state index contributed by atoms with van der Waals surface area (Å²) in [5.41, 5.74) is 2.90. The van der Waals surface area contributed by atoms with Crippen LogP contribution in [0.2, 0.25) is 5.02 Å². The monoisotopic (exact) mass is 287 g/mol. The third-order valence-electron chi connectivity index (χ3n) is 3.65. The van der Waals surface area contributed by atoms with Gasteiger partial charge in [0.15, 0.2) is 0 Å². The number of amides is 2. The van der Waals surface area contributed by atoms with Crippen molar-refractivity contribution in [2.24, 2.45) is 11.7 Å². The molecule has 1 unspecified atom stereocenters. The Morgan fingerprint density at radius 3 is 2.95 bits per heavy atom. The lowest BCUT2D eigenvalue weighted by molar-refractivity contribution is 0.0155. The number of alkyl halides is 1. The van der Waals surface area contributed by atoms with Gasteiger partial charge < -0.3 is 15.6 Å². The van der Waals surface area contributed by atoms with E-state index in [4.69, 9.17) is 17.3 Å². The van der Waals surface area contributed by atoms with E-state index in [0.717, 1.165) is 0 Å². The number of piperidine rings is 1. The Labute approximate surface area is 114 Å². The molecule has 5 nitrogen and oxygen atoms in total. The number of hydrogen-bond acceptors (Lipinski definition) is 2. The van der Waals surface area contributed by atoms with Gasteiger partial charge in [-0.3, -0.25) is 4.79 Å². The van der Waals surface area contributed by atoms with Crippen molar-refractivity contribution in [1.82, 2.24) is 9.88 Å². The molecule has 2 atom stereocenters. The first-order valence-electron chi connectivity index (χ1n) is 5.96. The molecule has 3 N–H and O–H groups in total. The number of H-pyrrole nitrogens is 1. The summed E-state index contributed by atoms with van der Waals surface area (Å²) in [6, 6.07) is 0.769. The summed E-state index contributed by atoms with van der Waals surface area (Å²) in [5, 5.41) is 0.274. The molecule has 2 amide bonds. The van der Waals surface area contributed by atoms with Crippen LogP contribution in [0.1, 0.15) is 18.9 Å². The Hall–Kier alpha value is -1.56. The summed E-state index contributed by atoms with van der Waals surface area (Å²) >= 11 is 5.80. The van der Waals surface area contributed by atoms with Crippen LogP contribution in [0, 0.1) is 5.92 Å². The summed E-state index contributed by atoms with van der Waals surface area (Å²) < 4.78 is 15.1. The summed E-state index contributed by atoms with van der Waals surface area (Å²) in [5.74, 6) is -0.534. The smallest absolute Gasteiger partial charge is 0.314 e. The van der Waals surface area contributed by atoms with Crippen LogP contribution in [-0.2, 0) is 5.67 Å². The fourth-order valence-corrected chi connectivity index (χ4v) is 2.64. The molecule has 1 aliphatic rings. The summed E-state index contributed by atoms with van der Waals surface area (Å²) in [6.07, 6.45) is 1.35. The molecule has 0 aliphatic carbocycles. The van der Waals surface area contributed by atoms with Crippen LogP contribution in [0.3, 0.4) is 0 Å². The average molecular weight is 288 g/mol. The molecule has 0 aromatic carbocycles. The Morgan fingerprint density at radius 2 is 2.37 bits per heavy atom. The molecule has 1 aromatic rings. The maximum atomic E-state index is 15.1. The molecular weight excluding hydrogens is 273 g/mol.